The van der Waals surface area contributed by atoms with E-state index < -0.39 is 18.7 Å². The minimum atomic E-state index is -4.48. The van der Waals surface area contributed by atoms with Gasteiger partial charge in [-0.1, -0.05) is 23.7 Å². The summed E-state index contributed by atoms with van der Waals surface area (Å²) in [4.78, 5) is 16.3. The summed E-state index contributed by atoms with van der Waals surface area (Å²) < 4.78 is 55.9. The van der Waals surface area contributed by atoms with Crippen LogP contribution < -0.4 is 10.1 Å². The molecule has 0 aliphatic carbocycles. The Bertz CT molecular complexity index is 1070. The minimum Gasteiger partial charge on any atom is -0.468 e. The van der Waals surface area contributed by atoms with Crippen molar-refractivity contribution in [2.24, 2.45) is 0 Å². The van der Waals surface area contributed by atoms with E-state index in [-0.39, 0.29) is 35.5 Å². The van der Waals surface area contributed by atoms with Crippen molar-refractivity contribution in [1.29, 1.82) is 0 Å². The summed E-state index contributed by atoms with van der Waals surface area (Å²) in [5.41, 5.74) is 1.81. The molecule has 1 N–H and O–H groups in total. The molecule has 164 valence electrons. The Kier molecular flexibility index (Phi) is 6.79. The molecule has 2 aromatic heterocycles. The molecule has 1 amide bonds. The van der Waals surface area contributed by atoms with Crippen molar-refractivity contribution in [3.63, 3.8) is 0 Å². The van der Waals surface area contributed by atoms with Gasteiger partial charge < -0.3 is 10.1 Å². The van der Waals surface area contributed by atoms with Gasteiger partial charge in [-0.3, -0.25) is 4.79 Å². The molecule has 1 aromatic carbocycles. The number of hydrogen-bond donors (Lipinski definition) is 1. The zero-order valence-corrected chi connectivity index (χ0v) is 17.0. The topological polar surface area (TPSA) is 69.0 Å². The van der Waals surface area contributed by atoms with Crippen LogP contribution in [0.2, 0.25) is 5.15 Å². The molecule has 3 aromatic rings. The van der Waals surface area contributed by atoms with E-state index in [4.69, 9.17) is 11.6 Å². The molecular weight excluding hydrogens is 440 g/mol. The number of alkyl halides is 3. The lowest BCUT2D eigenvalue weighted by Crippen LogP contribution is -2.24. The Hall–Kier alpha value is -3.14. The van der Waals surface area contributed by atoms with Crippen molar-refractivity contribution < 1.29 is 27.1 Å². The number of halogens is 5. The third kappa shape index (κ3) is 6.17. The van der Waals surface area contributed by atoms with Gasteiger partial charge in [0, 0.05) is 18.8 Å². The normalized spacial score (nSPS) is 11.4. The van der Waals surface area contributed by atoms with Crippen LogP contribution in [0.3, 0.4) is 0 Å². The highest BCUT2D eigenvalue weighted by Crippen LogP contribution is 2.22. The highest BCUT2D eigenvalue weighted by Gasteiger charge is 2.28. The van der Waals surface area contributed by atoms with Crippen LogP contribution in [0.4, 0.5) is 17.6 Å². The maximum Gasteiger partial charge on any atom is 0.422 e. The van der Waals surface area contributed by atoms with Crippen LogP contribution in [0.1, 0.15) is 27.2 Å². The molecule has 3 rings (SSSR count). The maximum atomic E-state index is 13.1. The van der Waals surface area contributed by atoms with Gasteiger partial charge in [0.05, 0.1) is 17.8 Å². The first-order valence-electron chi connectivity index (χ1n) is 9.02. The molecule has 6 nitrogen and oxygen atoms in total. The van der Waals surface area contributed by atoms with E-state index in [9.17, 15) is 22.4 Å². The van der Waals surface area contributed by atoms with Crippen LogP contribution in [0.15, 0.2) is 42.6 Å². The fourth-order valence-corrected chi connectivity index (χ4v) is 3.06. The first kappa shape index (κ1) is 22.5. The molecule has 2 heterocycles. The highest BCUT2D eigenvalue weighted by atomic mass is 35.5. The molecule has 0 atom stereocenters. The van der Waals surface area contributed by atoms with Crippen LogP contribution in [0, 0.1) is 12.7 Å². The molecule has 0 bridgehead atoms. The van der Waals surface area contributed by atoms with E-state index in [0.29, 0.717) is 11.3 Å². The van der Waals surface area contributed by atoms with Crippen molar-refractivity contribution in [3.05, 3.63) is 75.9 Å². The molecule has 0 saturated heterocycles. The number of carbonyl (C=O) groups excluding carboxylic acids is 1. The van der Waals surface area contributed by atoms with E-state index >= 15 is 0 Å². The molecule has 0 unspecified atom stereocenters. The van der Waals surface area contributed by atoms with E-state index in [1.165, 1.54) is 35.1 Å². The molecule has 0 saturated carbocycles. The third-order valence-electron chi connectivity index (χ3n) is 4.17. The van der Waals surface area contributed by atoms with Gasteiger partial charge in [0.1, 0.15) is 11.0 Å². The zero-order valence-electron chi connectivity index (χ0n) is 16.2. The number of aryl methyl sites for hydroxylation is 1. The second-order valence-corrected chi connectivity index (χ2v) is 6.98. The number of benzene rings is 1. The first-order chi connectivity index (χ1) is 14.6. The standard InChI is InChI=1S/C20H17ClF4N4O2/c1-12-17(18(21)29(28-12)10-13-2-4-15(22)5-3-13)19(30)27-9-14-6-7-26-16(8-14)31-11-20(23,24)25/h2-8H,9-11H2,1H3,(H,27,30). The van der Waals surface area contributed by atoms with Crippen LogP contribution >= 0.6 is 11.6 Å². The lowest BCUT2D eigenvalue weighted by molar-refractivity contribution is -0.154. The Morgan fingerprint density at radius 2 is 1.90 bits per heavy atom. The zero-order chi connectivity index (χ0) is 22.6. The Balaban J connectivity index is 1.66. The number of rotatable bonds is 7. The molecule has 0 fully saturated rings. The van der Waals surface area contributed by atoms with Gasteiger partial charge in [0.25, 0.3) is 5.91 Å². The van der Waals surface area contributed by atoms with Crippen LogP contribution in [0.5, 0.6) is 5.88 Å². The number of aromatic nitrogens is 3. The van der Waals surface area contributed by atoms with Crippen molar-refractivity contribution in [2.75, 3.05) is 6.61 Å². The average Bonchev–Trinajstić information content (AvgIpc) is 2.99. The van der Waals surface area contributed by atoms with Crippen LogP contribution in [0.25, 0.3) is 0 Å². The predicted molar refractivity (Wildman–Crippen MR) is 104 cm³/mol. The van der Waals surface area contributed by atoms with Crippen LogP contribution in [-0.4, -0.2) is 33.5 Å². The summed E-state index contributed by atoms with van der Waals surface area (Å²) in [5.74, 6) is -1.07. The SMILES string of the molecule is Cc1nn(Cc2ccc(F)cc2)c(Cl)c1C(=O)NCc1ccnc(OCC(F)(F)F)c1. The number of pyridine rings is 1. The number of ether oxygens (including phenoxy) is 1. The molecule has 11 heteroatoms. The fraction of sp³-hybridized carbons (Fsp3) is 0.250. The van der Waals surface area contributed by atoms with Crippen molar-refractivity contribution >= 4 is 17.5 Å². The lowest BCUT2D eigenvalue weighted by atomic mass is 10.2. The molecule has 0 radical (unpaired) electrons. The second-order valence-electron chi connectivity index (χ2n) is 6.62. The molecule has 0 spiro atoms. The Morgan fingerprint density at radius 1 is 1.19 bits per heavy atom. The van der Waals surface area contributed by atoms with Crippen molar-refractivity contribution in [3.8, 4) is 5.88 Å². The highest BCUT2D eigenvalue weighted by molar-refractivity contribution is 6.33. The molecule has 0 aliphatic heterocycles. The molecule has 0 aliphatic rings. The monoisotopic (exact) mass is 456 g/mol. The summed E-state index contributed by atoms with van der Waals surface area (Å²) in [6.45, 7) is 0.426. The smallest absolute Gasteiger partial charge is 0.422 e. The van der Waals surface area contributed by atoms with Crippen molar-refractivity contribution in [2.45, 2.75) is 26.2 Å². The number of hydrogen-bond acceptors (Lipinski definition) is 4. The minimum absolute atomic E-state index is 0.0165. The van der Waals surface area contributed by atoms with E-state index in [1.807, 2.05) is 0 Å². The first-order valence-corrected chi connectivity index (χ1v) is 9.40. The lowest BCUT2D eigenvalue weighted by Gasteiger charge is -2.10. The summed E-state index contributed by atoms with van der Waals surface area (Å²) in [7, 11) is 0. The van der Waals surface area contributed by atoms with E-state index in [1.54, 1.807) is 19.1 Å². The van der Waals surface area contributed by atoms with Gasteiger partial charge in [-0.05, 0) is 36.2 Å². The number of nitrogens with zero attached hydrogens (tertiary/aromatic N) is 3. The van der Waals surface area contributed by atoms with Gasteiger partial charge in [0.15, 0.2) is 6.61 Å². The Morgan fingerprint density at radius 3 is 2.58 bits per heavy atom. The fourth-order valence-electron chi connectivity index (χ4n) is 2.74. The number of carbonyl (C=O) groups is 1. The molecular formula is C20H17ClF4N4O2. The predicted octanol–water partition coefficient (Wildman–Crippen LogP) is 4.30. The quantitative estimate of drug-likeness (QED) is 0.538. The summed E-state index contributed by atoms with van der Waals surface area (Å²) in [6.07, 6.45) is -3.19. The maximum absolute atomic E-state index is 13.1. The van der Waals surface area contributed by atoms with Gasteiger partial charge >= 0.3 is 6.18 Å². The van der Waals surface area contributed by atoms with Gasteiger partial charge in [-0.2, -0.15) is 18.3 Å². The third-order valence-corrected chi connectivity index (χ3v) is 4.56. The van der Waals surface area contributed by atoms with Gasteiger partial charge in [0.2, 0.25) is 5.88 Å². The second kappa shape index (κ2) is 9.34. The van der Waals surface area contributed by atoms with Gasteiger partial charge in [-0.15, -0.1) is 0 Å². The number of nitrogens with one attached hydrogen (secondary N) is 1. The van der Waals surface area contributed by atoms with E-state index in [0.717, 1.165) is 5.56 Å². The largest absolute Gasteiger partial charge is 0.468 e. The van der Waals surface area contributed by atoms with Gasteiger partial charge in [-0.25, -0.2) is 14.1 Å². The average molecular weight is 457 g/mol. The summed E-state index contributed by atoms with van der Waals surface area (Å²) in [5, 5.41) is 7.02. The van der Waals surface area contributed by atoms with Crippen LogP contribution in [-0.2, 0) is 13.1 Å². The Labute approximate surface area is 179 Å². The van der Waals surface area contributed by atoms with E-state index in [2.05, 4.69) is 20.1 Å². The molecule has 31 heavy (non-hydrogen) atoms. The summed E-state index contributed by atoms with van der Waals surface area (Å²) >= 11 is 6.33. The number of amides is 1. The van der Waals surface area contributed by atoms with Crippen molar-refractivity contribution in [1.82, 2.24) is 20.1 Å². The summed E-state index contributed by atoms with van der Waals surface area (Å²) in [6, 6.07) is 8.64.